The van der Waals surface area contributed by atoms with Gasteiger partial charge in [0.05, 0.1) is 33.9 Å². The molecular weight excluding hydrogens is 465 g/mol. The van der Waals surface area contributed by atoms with Gasteiger partial charge in [0.15, 0.2) is 5.65 Å². The first-order valence-corrected chi connectivity index (χ1v) is 10.7. The Kier molecular flexibility index (Phi) is 5.57. The molecule has 1 aromatic carbocycles. The quantitative estimate of drug-likeness (QED) is 0.380. The van der Waals surface area contributed by atoms with Crippen molar-refractivity contribution in [2.24, 2.45) is 0 Å². The average molecular weight is 482 g/mol. The predicted molar refractivity (Wildman–Crippen MR) is 124 cm³/mol. The van der Waals surface area contributed by atoms with Crippen molar-refractivity contribution in [1.82, 2.24) is 29.5 Å². The number of pyridine rings is 1. The van der Waals surface area contributed by atoms with E-state index in [0.29, 0.717) is 28.0 Å². The van der Waals surface area contributed by atoms with Crippen LogP contribution in [-0.4, -0.2) is 35.4 Å². The summed E-state index contributed by atoms with van der Waals surface area (Å²) in [6, 6.07) is 10.9. The fraction of sp³-hybridized carbons (Fsp3) is 0.136. The van der Waals surface area contributed by atoms with Crippen LogP contribution in [0.4, 0.5) is 5.95 Å². The second-order valence-electron chi connectivity index (χ2n) is 7.34. The minimum Gasteiger partial charge on any atom is -0.464 e. The minimum absolute atomic E-state index is 0.0414. The van der Waals surface area contributed by atoms with Gasteiger partial charge < -0.3 is 4.42 Å². The first kappa shape index (κ1) is 21.2. The predicted octanol–water partition coefficient (Wildman–Crippen LogP) is 4.59. The zero-order chi connectivity index (χ0) is 22.9. The summed E-state index contributed by atoms with van der Waals surface area (Å²) in [5.74, 6) is 0.584. The molecule has 4 aromatic heterocycles. The molecule has 4 heterocycles. The first-order chi connectivity index (χ1) is 16.0. The third-order valence-electron chi connectivity index (χ3n) is 5.00. The number of hydrogen-bond donors (Lipinski definition) is 1. The van der Waals surface area contributed by atoms with E-state index >= 15 is 0 Å². The van der Waals surface area contributed by atoms with Crippen LogP contribution in [0.15, 0.2) is 59.6 Å². The van der Waals surface area contributed by atoms with E-state index in [0.717, 1.165) is 22.2 Å². The summed E-state index contributed by atoms with van der Waals surface area (Å²) in [5, 5.41) is 13.3. The Hall–Kier alpha value is -3.69. The summed E-state index contributed by atoms with van der Waals surface area (Å²) < 4.78 is 8.68. The highest BCUT2D eigenvalue weighted by Crippen LogP contribution is 2.30. The third kappa shape index (κ3) is 4.33. The van der Waals surface area contributed by atoms with Gasteiger partial charge in [-0.25, -0.2) is 19.3 Å². The molecule has 0 saturated carbocycles. The molecule has 0 aliphatic heterocycles. The molecule has 11 heteroatoms. The normalized spacial score (nSPS) is 11.2. The molecule has 0 bridgehead atoms. The van der Waals surface area contributed by atoms with Crippen LogP contribution in [0.3, 0.4) is 0 Å². The number of carbonyl (C=O) groups is 1. The number of hydrogen-bond acceptors (Lipinski definition) is 6. The lowest BCUT2D eigenvalue weighted by atomic mass is 10.1. The van der Waals surface area contributed by atoms with E-state index in [1.54, 1.807) is 34.0 Å². The summed E-state index contributed by atoms with van der Waals surface area (Å²) in [6.07, 6.45) is 4.81. The summed E-state index contributed by atoms with van der Waals surface area (Å²) in [4.78, 5) is 21.2. The summed E-state index contributed by atoms with van der Waals surface area (Å²) in [5.41, 5.74) is 3.12. The first-order valence-electron chi connectivity index (χ1n) is 9.97. The molecule has 0 fully saturated rings. The van der Waals surface area contributed by atoms with Crippen LogP contribution in [0.5, 0.6) is 0 Å². The molecule has 5 aromatic rings. The summed E-state index contributed by atoms with van der Waals surface area (Å²) in [7, 11) is 0. The number of anilines is 1. The van der Waals surface area contributed by atoms with E-state index in [4.69, 9.17) is 27.6 Å². The molecule has 0 aliphatic rings. The highest BCUT2D eigenvalue weighted by Gasteiger charge is 2.17. The Balaban J connectivity index is 1.31. The zero-order valence-electron chi connectivity index (χ0n) is 17.4. The highest BCUT2D eigenvalue weighted by atomic mass is 35.5. The van der Waals surface area contributed by atoms with Crippen molar-refractivity contribution >= 4 is 46.1 Å². The third-order valence-corrected chi connectivity index (χ3v) is 5.74. The number of nitrogens with one attached hydrogen (secondary N) is 1. The summed E-state index contributed by atoms with van der Waals surface area (Å²) >= 11 is 12.0. The van der Waals surface area contributed by atoms with Crippen molar-refractivity contribution in [1.29, 1.82) is 0 Å². The lowest BCUT2D eigenvalue weighted by Gasteiger charge is -2.04. The Morgan fingerprint density at radius 1 is 1.12 bits per heavy atom. The van der Waals surface area contributed by atoms with E-state index < -0.39 is 0 Å². The molecule has 33 heavy (non-hydrogen) atoms. The van der Waals surface area contributed by atoms with Gasteiger partial charge in [0.2, 0.25) is 11.9 Å². The highest BCUT2D eigenvalue weighted by molar-refractivity contribution is 6.42. The largest absolute Gasteiger partial charge is 0.464 e. The van der Waals surface area contributed by atoms with E-state index in [2.05, 4.69) is 25.5 Å². The van der Waals surface area contributed by atoms with Gasteiger partial charge in [-0.3, -0.25) is 10.1 Å². The van der Waals surface area contributed by atoms with E-state index in [1.165, 1.54) is 6.33 Å². The number of furan rings is 1. The van der Waals surface area contributed by atoms with Crippen molar-refractivity contribution in [3.63, 3.8) is 0 Å². The Morgan fingerprint density at radius 3 is 2.79 bits per heavy atom. The van der Waals surface area contributed by atoms with Gasteiger partial charge in [0, 0.05) is 11.8 Å². The van der Waals surface area contributed by atoms with Crippen molar-refractivity contribution in [2.45, 2.75) is 20.0 Å². The van der Waals surface area contributed by atoms with Gasteiger partial charge >= 0.3 is 0 Å². The number of nitrogens with zero attached hydrogens (tertiary/aromatic N) is 6. The van der Waals surface area contributed by atoms with Gasteiger partial charge in [0.1, 0.15) is 18.6 Å². The molecule has 0 spiro atoms. The van der Waals surface area contributed by atoms with Gasteiger partial charge in [-0.1, -0.05) is 29.3 Å². The Morgan fingerprint density at radius 2 is 2.00 bits per heavy atom. The van der Waals surface area contributed by atoms with E-state index in [1.807, 2.05) is 31.2 Å². The number of rotatable bonds is 6. The molecule has 1 N–H and O–H groups in total. The second-order valence-corrected chi connectivity index (χ2v) is 8.15. The number of benzene rings is 1. The lowest BCUT2D eigenvalue weighted by molar-refractivity contribution is -0.116. The number of aryl methyl sites for hydroxylation is 1. The van der Waals surface area contributed by atoms with Crippen molar-refractivity contribution in [3.8, 4) is 11.3 Å². The van der Waals surface area contributed by atoms with Gasteiger partial charge in [-0.15, -0.1) is 5.10 Å². The van der Waals surface area contributed by atoms with Crippen molar-refractivity contribution in [3.05, 3.63) is 76.5 Å². The molecule has 0 atom stereocenters. The van der Waals surface area contributed by atoms with Crippen LogP contribution in [0.1, 0.15) is 11.3 Å². The number of amides is 1. The standard InChI is InChI=1S/C22H17Cl2N7O2/c1-13-20-15(18-3-2-8-33-18)6-7-25-21(20)31(28-13)11-19(32)27-22-26-12-30(29-22)10-14-4-5-16(23)17(24)9-14/h2-9,12H,10-11H2,1H3,(H,27,29,32). The molecule has 0 saturated heterocycles. The lowest BCUT2D eigenvalue weighted by Crippen LogP contribution is -2.20. The van der Waals surface area contributed by atoms with Crippen LogP contribution in [-0.2, 0) is 17.9 Å². The molecule has 5 rings (SSSR count). The molecule has 0 unspecified atom stereocenters. The number of fused-ring (bicyclic) bond motifs is 1. The summed E-state index contributed by atoms with van der Waals surface area (Å²) in [6.45, 7) is 2.26. The maximum Gasteiger partial charge on any atom is 0.248 e. The minimum atomic E-state index is -0.322. The van der Waals surface area contributed by atoms with Crippen molar-refractivity contribution < 1.29 is 9.21 Å². The SMILES string of the molecule is Cc1nn(CC(=O)Nc2ncn(Cc3ccc(Cl)c(Cl)c3)n2)c2nccc(-c3ccco3)c12. The van der Waals surface area contributed by atoms with Gasteiger partial charge in [0.25, 0.3) is 0 Å². The Bertz CT molecular complexity index is 1460. The zero-order valence-corrected chi connectivity index (χ0v) is 18.9. The fourth-order valence-electron chi connectivity index (χ4n) is 3.58. The number of aromatic nitrogens is 6. The number of halogens is 2. The topological polar surface area (TPSA) is 104 Å². The van der Waals surface area contributed by atoms with Gasteiger partial charge in [-0.05, 0) is 42.8 Å². The molecular formula is C22H17Cl2N7O2. The van der Waals surface area contributed by atoms with E-state index in [9.17, 15) is 4.79 Å². The van der Waals surface area contributed by atoms with Crippen LogP contribution in [0, 0.1) is 6.92 Å². The molecule has 166 valence electrons. The average Bonchev–Trinajstić information content (AvgIpc) is 3.53. The number of carbonyl (C=O) groups excluding carboxylic acids is 1. The molecule has 9 nitrogen and oxygen atoms in total. The monoisotopic (exact) mass is 481 g/mol. The van der Waals surface area contributed by atoms with Crippen LogP contribution >= 0.6 is 23.2 Å². The maximum absolute atomic E-state index is 12.7. The smallest absolute Gasteiger partial charge is 0.248 e. The van der Waals surface area contributed by atoms with Gasteiger partial charge in [-0.2, -0.15) is 5.10 Å². The molecule has 1 amide bonds. The maximum atomic E-state index is 12.7. The van der Waals surface area contributed by atoms with E-state index in [-0.39, 0.29) is 18.4 Å². The van der Waals surface area contributed by atoms with Crippen molar-refractivity contribution in [2.75, 3.05) is 5.32 Å². The molecule has 0 aliphatic carbocycles. The van der Waals surface area contributed by atoms with Crippen LogP contribution in [0.25, 0.3) is 22.4 Å². The molecule has 0 radical (unpaired) electrons. The fourth-order valence-corrected chi connectivity index (χ4v) is 3.90. The Labute approximate surface area is 198 Å². The van der Waals surface area contributed by atoms with Crippen LogP contribution < -0.4 is 5.32 Å². The second kappa shape index (κ2) is 8.68. The van der Waals surface area contributed by atoms with Crippen LogP contribution in [0.2, 0.25) is 10.0 Å².